The molecule has 2 aromatic rings. The van der Waals surface area contributed by atoms with Gasteiger partial charge in [0, 0.05) is 0 Å². The molecule has 2 rings (SSSR count). The molecule has 0 unspecified atom stereocenters. The molecule has 6 heteroatoms. The molecular weight excluding hydrogens is 406 g/mol. The standard InChI is InChI=1S/C25H31NO4Si/c1-20(27)23(29-18-21-12-8-6-9-13-21)25(2,16-17-31(3,4)5)26-24(28)30-19-22-14-10-7-11-15-22/h6-15,23H,18-19H2,1-5H3,(H,26,28)/t23-,25+/m1/s1. The molecule has 0 aromatic heterocycles. The maximum absolute atomic E-state index is 12.6. The van der Waals surface area contributed by atoms with Gasteiger partial charge in [-0.15, -0.1) is 5.54 Å². The second kappa shape index (κ2) is 10.9. The van der Waals surface area contributed by atoms with Crippen molar-refractivity contribution >= 4 is 20.0 Å². The van der Waals surface area contributed by atoms with Gasteiger partial charge in [0.15, 0.2) is 5.78 Å². The van der Waals surface area contributed by atoms with E-state index in [2.05, 4.69) is 36.4 Å². The lowest BCUT2D eigenvalue weighted by atomic mass is 9.93. The fourth-order valence-electron chi connectivity index (χ4n) is 2.90. The highest BCUT2D eigenvalue weighted by molar-refractivity contribution is 6.83. The van der Waals surface area contributed by atoms with Crippen LogP contribution in [0.25, 0.3) is 0 Å². The first-order valence-corrected chi connectivity index (χ1v) is 13.8. The fourth-order valence-corrected chi connectivity index (χ4v) is 3.53. The van der Waals surface area contributed by atoms with E-state index in [1.54, 1.807) is 6.92 Å². The van der Waals surface area contributed by atoms with Crippen LogP contribution >= 0.6 is 0 Å². The van der Waals surface area contributed by atoms with E-state index in [1.165, 1.54) is 6.92 Å². The molecule has 0 aliphatic rings. The molecule has 5 nitrogen and oxygen atoms in total. The van der Waals surface area contributed by atoms with Gasteiger partial charge >= 0.3 is 6.09 Å². The predicted octanol–water partition coefficient (Wildman–Crippen LogP) is 4.73. The van der Waals surface area contributed by atoms with E-state index < -0.39 is 25.8 Å². The molecule has 164 valence electrons. The molecule has 1 amide bonds. The molecule has 0 bridgehead atoms. The summed E-state index contributed by atoms with van der Waals surface area (Å²) in [6, 6.07) is 19.0. The van der Waals surface area contributed by atoms with Crippen molar-refractivity contribution in [1.82, 2.24) is 5.32 Å². The highest BCUT2D eigenvalue weighted by Gasteiger charge is 2.39. The van der Waals surface area contributed by atoms with E-state index in [-0.39, 0.29) is 19.0 Å². The van der Waals surface area contributed by atoms with Gasteiger partial charge in [0.2, 0.25) is 0 Å². The summed E-state index contributed by atoms with van der Waals surface area (Å²) in [6.45, 7) is 9.81. The SMILES string of the molecule is CC(=O)[C@@H](OCc1ccccc1)[C@](C)(C#C[Si](C)(C)C)NC(=O)OCc1ccccc1. The average Bonchev–Trinajstić information content (AvgIpc) is 2.72. The molecule has 1 N–H and O–H groups in total. The Morgan fingerprint density at radius 3 is 1.97 bits per heavy atom. The van der Waals surface area contributed by atoms with Crippen LogP contribution in [0.3, 0.4) is 0 Å². The van der Waals surface area contributed by atoms with Crippen LogP contribution < -0.4 is 5.32 Å². The molecule has 0 radical (unpaired) electrons. The van der Waals surface area contributed by atoms with Crippen LogP contribution in [0.4, 0.5) is 4.79 Å². The van der Waals surface area contributed by atoms with Gasteiger partial charge in [-0.1, -0.05) is 86.2 Å². The third-order valence-corrected chi connectivity index (χ3v) is 5.30. The summed E-state index contributed by atoms with van der Waals surface area (Å²) in [5.41, 5.74) is 3.84. The monoisotopic (exact) mass is 437 g/mol. The zero-order chi connectivity index (χ0) is 22.9. The van der Waals surface area contributed by atoms with Crippen molar-refractivity contribution in [1.29, 1.82) is 0 Å². The first kappa shape index (κ1) is 24.4. The Balaban J connectivity index is 2.21. The number of Topliss-reactive ketones (excluding diaryl/α,β-unsaturated/α-hetero) is 1. The van der Waals surface area contributed by atoms with Crippen molar-refractivity contribution < 1.29 is 19.1 Å². The van der Waals surface area contributed by atoms with Crippen LogP contribution in [-0.2, 0) is 27.5 Å². The topological polar surface area (TPSA) is 64.6 Å². The van der Waals surface area contributed by atoms with Crippen molar-refractivity contribution in [2.75, 3.05) is 0 Å². The first-order valence-electron chi connectivity index (χ1n) is 10.3. The molecule has 0 heterocycles. The minimum Gasteiger partial charge on any atom is -0.445 e. The number of nitrogens with one attached hydrogen (secondary N) is 1. The van der Waals surface area contributed by atoms with Gasteiger partial charge in [-0.2, -0.15) is 0 Å². The lowest BCUT2D eigenvalue weighted by molar-refractivity contribution is -0.132. The normalized spacial score (nSPS) is 13.8. The molecule has 2 atom stereocenters. The number of ether oxygens (including phenoxy) is 2. The highest BCUT2D eigenvalue weighted by Crippen LogP contribution is 2.18. The number of benzene rings is 2. The molecule has 0 saturated carbocycles. The Kier molecular flexibility index (Phi) is 8.61. The van der Waals surface area contributed by atoms with Crippen molar-refractivity contribution in [2.24, 2.45) is 0 Å². The number of ketones is 1. The molecule has 0 fully saturated rings. The summed E-state index contributed by atoms with van der Waals surface area (Å²) in [6.07, 6.45) is -1.59. The minimum absolute atomic E-state index is 0.125. The molecule has 0 aliphatic carbocycles. The van der Waals surface area contributed by atoms with Crippen LogP contribution in [0, 0.1) is 11.5 Å². The molecule has 2 aromatic carbocycles. The van der Waals surface area contributed by atoms with Gasteiger partial charge in [-0.05, 0) is 25.0 Å². The summed E-state index contributed by atoms with van der Waals surface area (Å²) in [7, 11) is -1.78. The fraction of sp³-hybridized carbons (Fsp3) is 0.360. The number of carbonyl (C=O) groups is 2. The van der Waals surface area contributed by atoms with Gasteiger partial charge in [0.25, 0.3) is 0 Å². The predicted molar refractivity (Wildman–Crippen MR) is 125 cm³/mol. The van der Waals surface area contributed by atoms with E-state index >= 15 is 0 Å². The van der Waals surface area contributed by atoms with E-state index in [9.17, 15) is 9.59 Å². The Morgan fingerprint density at radius 1 is 0.968 bits per heavy atom. The van der Waals surface area contributed by atoms with Crippen molar-refractivity contribution in [3.05, 3.63) is 71.8 Å². The van der Waals surface area contributed by atoms with Crippen molar-refractivity contribution in [2.45, 2.75) is 58.3 Å². The van der Waals surface area contributed by atoms with Crippen LogP contribution in [0.2, 0.25) is 19.6 Å². The Labute approximate surface area is 186 Å². The number of hydrogen-bond donors (Lipinski definition) is 1. The number of rotatable bonds is 8. The first-order chi connectivity index (χ1) is 14.6. The molecule has 31 heavy (non-hydrogen) atoms. The molecule has 0 spiro atoms. The van der Waals surface area contributed by atoms with Crippen molar-refractivity contribution in [3.8, 4) is 11.5 Å². The van der Waals surface area contributed by atoms with E-state index in [1.807, 2.05) is 60.7 Å². The second-order valence-corrected chi connectivity index (χ2v) is 13.4. The van der Waals surface area contributed by atoms with E-state index in [4.69, 9.17) is 9.47 Å². The molecule has 0 saturated heterocycles. The number of carbonyl (C=O) groups excluding carboxylic acids is 2. The Bertz CT molecular complexity index is 929. The largest absolute Gasteiger partial charge is 0.445 e. The van der Waals surface area contributed by atoms with Gasteiger partial charge in [-0.3, -0.25) is 4.79 Å². The van der Waals surface area contributed by atoms with Gasteiger partial charge in [0.1, 0.15) is 26.3 Å². The lowest BCUT2D eigenvalue weighted by Crippen LogP contribution is -2.57. The summed E-state index contributed by atoms with van der Waals surface area (Å²) in [4.78, 5) is 25.1. The van der Waals surface area contributed by atoms with Crippen LogP contribution in [0.15, 0.2) is 60.7 Å². The Hall–Kier alpha value is -2.88. The number of alkyl carbamates (subject to hydrolysis) is 1. The van der Waals surface area contributed by atoms with E-state index in [0.29, 0.717) is 0 Å². The van der Waals surface area contributed by atoms with Gasteiger partial charge in [-0.25, -0.2) is 4.79 Å². The number of hydrogen-bond acceptors (Lipinski definition) is 4. The maximum atomic E-state index is 12.6. The quantitative estimate of drug-likeness (QED) is 0.479. The summed E-state index contributed by atoms with van der Waals surface area (Å²) < 4.78 is 11.4. The lowest BCUT2D eigenvalue weighted by Gasteiger charge is -2.32. The van der Waals surface area contributed by atoms with E-state index in [0.717, 1.165) is 11.1 Å². The zero-order valence-corrected chi connectivity index (χ0v) is 19.9. The minimum atomic E-state index is -1.78. The summed E-state index contributed by atoms with van der Waals surface area (Å²) >= 11 is 0. The van der Waals surface area contributed by atoms with Crippen LogP contribution in [0.5, 0.6) is 0 Å². The molecular formula is C25H31NO4Si. The maximum Gasteiger partial charge on any atom is 0.408 e. The smallest absolute Gasteiger partial charge is 0.408 e. The van der Waals surface area contributed by atoms with Gasteiger partial charge in [0.05, 0.1) is 6.61 Å². The highest BCUT2D eigenvalue weighted by atomic mass is 28.3. The van der Waals surface area contributed by atoms with Crippen LogP contribution in [0.1, 0.15) is 25.0 Å². The van der Waals surface area contributed by atoms with Crippen LogP contribution in [-0.4, -0.2) is 31.6 Å². The molecule has 0 aliphatic heterocycles. The summed E-state index contributed by atoms with van der Waals surface area (Å²) in [5.74, 6) is 2.92. The number of amides is 1. The third kappa shape index (κ3) is 8.40. The summed E-state index contributed by atoms with van der Waals surface area (Å²) in [5, 5.41) is 2.80. The average molecular weight is 438 g/mol. The third-order valence-electron chi connectivity index (χ3n) is 4.42. The zero-order valence-electron chi connectivity index (χ0n) is 18.9. The Morgan fingerprint density at radius 2 is 1.48 bits per heavy atom. The van der Waals surface area contributed by atoms with Gasteiger partial charge < -0.3 is 14.8 Å². The van der Waals surface area contributed by atoms with Crippen molar-refractivity contribution in [3.63, 3.8) is 0 Å². The second-order valence-electron chi connectivity index (χ2n) is 8.68.